The molecule has 0 spiro atoms. The number of carbonyl (C=O) groups is 2. The third kappa shape index (κ3) is 3.02. The first kappa shape index (κ1) is 15.0. The fourth-order valence-corrected chi connectivity index (χ4v) is 2.78. The van der Waals surface area contributed by atoms with E-state index in [-0.39, 0.29) is 21.9 Å². The quantitative estimate of drug-likeness (QED) is 0.835. The maximum atomic E-state index is 12.2. The van der Waals surface area contributed by atoms with Crippen molar-refractivity contribution >= 4 is 40.9 Å². The Balaban J connectivity index is 2.15. The zero-order chi connectivity index (χ0) is 14.9. The Kier molecular flexibility index (Phi) is 4.45. The lowest BCUT2D eigenvalue weighted by atomic mass is 9.95. The summed E-state index contributed by atoms with van der Waals surface area (Å²) in [6.45, 7) is 1.93. The van der Waals surface area contributed by atoms with E-state index in [4.69, 9.17) is 28.3 Å². The molecule has 1 heterocycles. The molecule has 3 atom stereocenters. The zero-order valence-electron chi connectivity index (χ0n) is 10.6. The van der Waals surface area contributed by atoms with Gasteiger partial charge in [0.15, 0.2) is 11.0 Å². The molecule has 0 aromatic carbocycles. The van der Waals surface area contributed by atoms with Gasteiger partial charge in [-0.2, -0.15) is 0 Å². The summed E-state index contributed by atoms with van der Waals surface area (Å²) in [5.41, 5.74) is 0. The summed E-state index contributed by atoms with van der Waals surface area (Å²) in [6, 6.07) is 0. The zero-order valence-corrected chi connectivity index (χ0v) is 12.1. The van der Waals surface area contributed by atoms with E-state index < -0.39 is 23.7 Å². The molecule has 1 aliphatic carbocycles. The number of nitrogens with zero attached hydrogens (tertiary/aromatic N) is 2. The van der Waals surface area contributed by atoms with Crippen LogP contribution in [0.2, 0.25) is 10.2 Å². The molecule has 1 unspecified atom stereocenters. The van der Waals surface area contributed by atoms with Crippen molar-refractivity contribution in [2.24, 2.45) is 17.8 Å². The maximum Gasteiger partial charge on any atom is 0.307 e. The van der Waals surface area contributed by atoms with Gasteiger partial charge in [-0.25, -0.2) is 9.97 Å². The van der Waals surface area contributed by atoms with Crippen molar-refractivity contribution in [3.63, 3.8) is 0 Å². The molecular weight excluding hydrogens is 305 g/mol. The number of carbonyl (C=O) groups excluding carboxylic acids is 1. The number of aromatic nitrogens is 2. The van der Waals surface area contributed by atoms with Crippen molar-refractivity contribution < 1.29 is 14.7 Å². The highest BCUT2D eigenvalue weighted by Crippen LogP contribution is 2.37. The molecule has 2 rings (SSSR count). The first-order chi connectivity index (χ1) is 9.40. The lowest BCUT2D eigenvalue weighted by molar-refractivity contribution is -0.145. The van der Waals surface area contributed by atoms with Crippen LogP contribution in [-0.2, 0) is 9.59 Å². The molecule has 1 aromatic rings. The molecule has 0 bridgehead atoms. The number of halogens is 2. The molecule has 1 saturated carbocycles. The molecule has 0 saturated heterocycles. The van der Waals surface area contributed by atoms with Crippen molar-refractivity contribution in [3.8, 4) is 0 Å². The van der Waals surface area contributed by atoms with Gasteiger partial charge in [0.2, 0.25) is 5.91 Å². The number of hydrogen-bond acceptors (Lipinski definition) is 4. The summed E-state index contributed by atoms with van der Waals surface area (Å²) in [7, 11) is 0. The third-order valence-electron chi connectivity index (χ3n) is 3.44. The summed E-state index contributed by atoms with van der Waals surface area (Å²) in [6.07, 6.45) is 2.20. The van der Waals surface area contributed by atoms with Gasteiger partial charge in [0, 0.05) is 0 Å². The predicted molar refractivity (Wildman–Crippen MR) is 73.7 cm³/mol. The second-order valence-corrected chi connectivity index (χ2v) is 5.68. The summed E-state index contributed by atoms with van der Waals surface area (Å²) in [4.78, 5) is 30.9. The van der Waals surface area contributed by atoms with Gasteiger partial charge in [-0.15, -0.1) is 0 Å². The van der Waals surface area contributed by atoms with Gasteiger partial charge in [0.25, 0.3) is 0 Å². The lowest BCUT2D eigenvalue weighted by Gasteiger charge is -2.15. The SMILES string of the molecule is CC1C[C@H](C(=O)Nc2ncnc(Cl)c2Cl)[C@H](C(=O)O)C1. The molecule has 20 heavy (non-hydrogen) atoms. The number of hydrogen-bond donors (Lipinski definition) is 2. The van der Waals surface area contributed by atoms with Crippen LogP contribution in [0.4, 0.5) is 5.82 Å². The minimum Gasteiger partial charge on any atom is -0.481 e. The Morgan fingerprint density at radius 2 is 1.95 bits per heavy atom. The number of carboxylic acids is 1. The minimum atomic E-state index is -0.957. The van der Waals surface area contributed by atoms with Gasteiger partial charge in [-0.3, -0.25) is 9.59 Å². The van der Waals surface area contributed by atoms with Crippen LogP contribution >= 0.6 is 23.2 Å². The Morgan fingerprint density at radius 1 is 1.30 bits per heavy atom. The fraction of sp³-hybridized carbons (Fsp3) is 0.500. The summed E-state index contributed by atoms with van der Waals surface area (Å²) in [5.74, 6) is -2.34. The molecule has 2 N–H and O–H groups in total. The highest BCUT2D eigenvalue weighted by molar-refractivity contribution is 6.42. The second-order valence-electron chi connectivity index (χ2n) is 4.94. The van der Waals surface area contributed by atoms with Crippen molar-refractivity contribution in [1.82, 2.24) is 9.97 Å². The molecule has 0 aliphatic heterocycles. The molecule has 1 aliphatic rings. The molecule has 1 aromatic heterocycles. The molecule has 6 nitrogen and oxygen atoms in total. The van der Waals surface area contributed by atoms with Gasteiger partial charge in [-0.05, 0) is 18.8 Å². The third-order valence-corrected chi connectivity index (χ3v) is 4.18. The van der Waals surface area contributed by atoms with E-state index in [1.54, 1.807) is 0 Å². The van der Waals surface area contributed by atoms with E-state index in [0.717, 1.165) is 0 Å². The van der Waals surface area contributed by atoms with Gasteiger partial charge in [0.1, 0.15) is 11.3 Å². The first-order valence-corrected chi connectivity index (χ1v) is 6.85. The summed E-state index contributed by atoms with van der Waals surface area (Å²) in [5, 5.41) is 11.8. The maximum absolute atomic E-state index is 12.2. The second kappa shape index (κ2) is 5.93. The Hall–Kier alpha value is -1.40. The van der Waals surface area contributed by atoms with E-state index in [2.05, 4.69) is 15.3 Å². The van der Waals surface area contributed by atoms with Crippen LogP contribution in [0.5, 0.6) is 0 Å². The van der Waals surface area contributed by atoms with Gasteiger partial charge >= 0.3 is 5.97 Å². The van der Waals surface area contributed by atoms with E-state index in [9.17, 15) is 9.59 Å². The largest absolute Gasteiger partial charge is 0.481 e. The van der Waals surface area contributed by atoms with Crippen LogP contribution in [0.1, 0.15) is 19.8 Å². The van der Waals surface area contributed by atoms with Crippen LogP contribution < -0.4 is 5.32 Å². The van der Waals surface area contributed by atoms with Crippen LogP contribution in [0.3, 0.4) is 0 Å². The molecule has 0 radical (unpaired) electrons. The summed E-state index contributed by atoms with van der Waals surface area (Å²) >= 11 is 11.6. The molecule has 8 heteroatoms. The van der Waals surface area contributed by atoms with E-state index in [1.165, 1.54) is 6.33 Å². The summed E-state index contributed by atoms with van der Waals surface area (Å²) < 4.78 is 0. The van der Waals surface area contributed by atoms with Crippen molar-refractivity contribution in [3.05, 3.63) is 16.5 Å². The highest BCUT2D eigenvalue weighted by Gasteiger charge is 2.41. The fourth-order valence-electron chi connectivity index (χ4n) is 2.50. The average molecular weight is 318 g/mol. The Morgan fingerprint density at radius 3 is 2.60 bits per heavy atom. The van der Waals surface area contributed by atoms with Crippen LogP contribution in [-0.4, -0.2) is 27.0 Å². The number of carboxylic acid groups (broad SMARTS) is 1. The Bertz CT molecular complexity index is 553. The van der Waals surface area contributed by atoms with Gasteiger partial charge in [0.05, 0.1) is 11.8 Å². The van der Waals surface area contributed by atoms with Crippen LogP contribution in [0.25, 0.3) is 0 Å². The van der Waals surface area contributed by atoms with Crippen LogP contribution in [0, 0.1) is 17.8 Å². The number of aliphatic carboxylic acids is 1. The smallest absolute Gasteiger partial charge is 0.307 e. The molecule has 1 amide bonds. The lowest BCUT2D eigenvalue weighted by Crippen LogP contribution is -2.30. The van der Waals surface area contributed by atoms with Gasteiger partial charge in [-0.1, -0.05) is 30.1 Å². The molecule has 108 valence electrons. The number of amides is 1. The normalized spacial score (nSPS) is 25.4. The average Bonchev–Trinajstić information content (AvgIpc) is 2.77. The molecular formula is C12H13Cl2N3O3. The minimum absolute atomic E-state index is 0.0338. The predicted octanol–water partition coefficient (Wildman–Crippen LogP) is 2.47. The van der Waals surface area contributed by atoms with E-state index in [1.807, 2.05) is 6.92 Å². The van der Waals surface area contributed by atoms with E-state index >= 15 is 0 Å². The van der Waals surface area contributed by atoms with Crippen molar-refractivity contribution in [1.29, 1.82) is 0 Å². The topological polar surface area (TPSA) is 92.2 Å². The number of rotatable bonds is 3. The van der Waals surface area contributed by atoms with Crippen molar-refractivity contribution in [2.75, 3.05) is 5.32 Å². The van der Waals surface area contributed by atoms with Gasteiger partial charge < -0.3 is 10.4 Å². The molecule has 1 fully saturated rings. The Labute approximate surface area is 125 Å². The number of nitrogens with one attached hydrogen (secondary N) is 1. The monoisotopic (exact) mass is 317 g/mol. The van der Waals surface area contributed by atoms with E-state index in [0.29, 0.717) is 12.8 Å². The first-order valence-electron chi connectivity index (χ1n) is 6.09. The highest BCUT2D eigenvalue weighted by atomic mass is 35.5. The van der Waals surface area contributed by atoms with Crippen LogP contribution in [0.15, 0.2) is 6.33 Å². The van der Waals surface area contributed by atoms with Crippen molar-refractivity contribution in [2.45, 2.75) is 19.8 Å². The standard InChI is InChI=1S/C12H13Cl2N3O3/c1-5-2-6(7(3-5)12(19)20)11(18)17-10-8(13)9(14)15-4-16-10/h4-7H,2-3H2,1H3,(H,19,20)(H,15,16,17,18)/t5?,6-,7+/m0/s1. The number of anilines is 1.